The second-order valence-electron chi connectivity index (χ2n) is 6.02. The predicted octanol–water partition coefficient (Wildman–Crippen LogP) is 3.37. The number of hydrogen-bond acceptors (Lipinski definition) is 4. The molecule has 1 heterocycles. The lowest BCUT2D eigenvalue weighted by molar-refractivity contribution is 0.0956. The van der Waals surface area contributed by atoms with Crippen LogP contribution in [0.15, 0.2) is 54.7 Å². The molecule has 0 aliphatic rings. The number of hydrogen-bond donors (Lipinski definition) is 1. The highest BCUT2D eigenvalue weighted by atomic mass is 16.5. The molecular formula is C20H22N4O2. The van der Waals surface area contributed by atoms with Crippen molar-refractivity contribution in [3.8, 4) is 17.0 Å². The number of ether oxygens (including phenoxy) is 1. The summed E-state index contributed by atoms with van der Waals surface area (Å²) in [4.78, 5) is 12.2. The van der Waals surface area contributed by atoms with E-state index in [1.54, 1.807) is 30.1 Å². The topological polar surface area (TPSA) is 69.0 Å². The SMILES string of the molecule is CCNC(=O)c1ccc(O[C@@H](C)c2ccccc2)c(-c2cn(C)nn2)c1. The molecule has 134 valence electrons. The molecule has 0 aliphatic heterocycles. The van der Waals surface area contributed by atoms with Gasteiger partial charge in [0, 0.05) is 24.7 Å². The molecule has 0 aliphatic carbocycles. The molecule has 26 heavy (non-hydrogen) atoms. The van der Waals surface area contributed by atoms with E-state index in [0.717, 1.165) is 11.1 Å². The fourth-order valence-electron chi connectivity index (χ4n) is 2.69. The average molecular weight is 350 g/mol. The van der Waals surface area contributed by atoms with E-state index in [0.29, 0.717) is 23.6 Å². The van der Waals surface area contributed by atoms with Crippen molar-refractivity contribution in [2.75, 3.05) is 6.54 Å². The van der Waals surface area contributed by atoms with Crippen LogP contribution in [0.25, 0.3) is 11.3 Å². The van der Waals surface area contributed by atoms with Crippen molar-refractivity contribution in [2.45, 2.75) is 20.0 Å². The summed E-state index contributed by atoms with van der Waals surface area (Å²) in [5.41, 5.74) is 3.04. The van der Waals surface area contributed by atoms with Gasteiger partial charge in [-0.25, -0.2) is 0 Å². The number of nitrogens with zero attached hydrogens (tertiary/aromatic N) is 3. The second kappa shape index (κ2) is 7.82. The third kappa shape index (κ3) is 3.91. The van der Waals surface area contributed by atoms with Crippen molar-refractivity contribution in [2.24, 2.45) is 7.05 Å². The van der Waals surface area contributed by atoms with Gasteiger partial charge in [0.1, 0.15) is 17.5 Å². The molecule has 3 aromatic rings. The number of benzene rings is 2. The van der Waals surface area contributed by atoms with E-state index in [1.165, 1.54) is 0 Å². The molecule has 1 aromatic heterocycles. The second-order valence-corrected chi connectivity index (χ2v) is 6.02. The lowest BCUT2D eigenvalue weighted by Gasteiger charge is -2.18. The summed E-state index contributed by atoms with van der Waals surface area (Å²) in [6, 6.07) is 15.4. The highest BCUT2D eigenvalue weighted by molar-refractivity contribution is 5.95. The minimum atomic E-state index is -0.137. The van der Waals surface area contributed by atoms with Crippen LogP contribution in [-0.2, 0) is 7.05 Å². The Labute approximate surface area is 152 Å². The molecule has 6 heteroatoms. The summed E-state index contributed by atoms with van der Waals surface area (Å²) >= 11 is 0. The smallest absolute Gasteiger partial charge is 0.251 e. The lowest BCUT2D eigenvalue weighted by atomic mass is 10.1. The van der Waals surface area contributed by atoms with E-state index < -0.39 is 0 Å². The van der Waals surface area contributed by atoms with Crippen molar-refractivity contribution in [1.82, 2.24) is 20.3 Å². The Kier molecular flexibility index (Phi) is 5.31. The molecule has 0 radical (unpaired) electrons. The molecule has 6 nitrogen and oxygen atoms in total. The third-order valence-corrected chi connectivity index (χ3v) is 4.03. The molecule has 3 rings (SSSR count). The van der Waals surface area contributed by atoms with Gasteiger partial charge in [0.05, 0.1) is 6.20 Å². The summed E-state index contributed by atoms with van der Waals surface area (Å²) in [6.45, 7) is 4.45. The van der Waals surface area contributed by atoms with E-state index in [-0.39, 0.29) is 12.0 Å². The van der Waals surface area contributed by atoms with Crippen LogP contribution in [0.5, 0.6) is 5.75 Å². The number of carbonyl (C=O) groups is 1. The maximum Gasteiger partial charge on any atom is 0.251 e. The predicted molar refractivity (Wildman–Crippen MR) is 99.9 cm³/mol. The van der Waals surface area contributed by atoms with E-state index in [4.69, 9.17) is 4.74 Å². The quantitative estimate of drug-likeness (QED) is 0.740. The zero-order valence-electron chi connectivity index (χ0n) is 15.1. The maximum atomic E-state index is 12.2. The van der Waals surface area contributed by atoms with Gasteiger partial charge in [-0.2, -0.15) is 0 Å². The van der Waals surface area contributed by atoms with E-state index in [1.807, 2.05) is 50.2 Å². The Bertz CT molecular complexity index is 890. The van der Waals surface area contributed by atoms with Gasteiger partial charge in [0.15, 0.2) is 0 Å². The molecule has 1 N–H and O–H groups in total. The number of aryl methyl sites for hydroxylation is 1. The molecular weight excluding hydrogens is 328 g/mol. The Morgan fingerprint density at radius 3 is 2.65 bits per heavy atom. The van der Waals surface area contributed by atoms with Gasteiger partial charge in [-0.1, -0.05) is 35.5 Å². The lowest BCUT2D eigenvalue weighted by Crippen LogP contribution is -2.22. The molecule has 2 aromatic carbocycles. The first kappa shape index (κ1) is 17.7. The van der Waals surface area contributed by atoms with Crippen LogP contribution in [0.3, 0.4) is 0 Å². The van der Waals surface area contributed by atoms with Crippen molar-refractivity contribution >= 4 is 5.91 Å². The average Bonchev–Trinajstić information content (AvgIpc) is 3.09. The monoisotopic (exact) mass is 350 g/mol. The first-order valence-electron chi connectivity index (χ1n) is 8.59. The van der Waals surface area contributed by atoms with Crippen molar-refractivity contribution < 1.29 is 9.53 Å². The van der Waals surface area contributed by atoms with Crippen LogP contribution in [0, 0.1) is 0 Å². The molecule has 0 unspecified atom stereocenters. The van der Waals surface area contributed by atoms with Crippen molar-refractivity contribution in [1.29, 1.82) is 0 Å². The zero-order chi connectivity index (χ0) is 18.5. The van der Waals surface area contributed by atoms with Crippen LogP contribution >= 0.6 is 0 Å². The number of aromatic nitrogens is 3. The fraction of sp³-hybridized carbons (Fsp3) is 0.250. The summed E-state index contributed by atoms with van der Waals surface area (Å²) < 4.78 is 7.80. The summed E-state index contributed by atoms with van der Waals surface area (Å²) in [6.07, 6.45) is 1.67. The normalized spacial score (nSPS) is 11.8. The fourth-order valence-corrected chi connectivity index (χ4v) is 2.69. The summed E-state index contributed by atoms with van der Waals surface area (Å²) in [7, 11) is 1.80. The van der Waals surface area contributed by atoms with Gasteiger partial charge >= 0.3 is 0 Å². The van der Waals surface area contributed by atoms with Gasteiger partial charge in [-0.05, 0) is 37.6 Å². The first-order valence-corrected chi connectivity index (χ1v) is 8.59. The molecule has 0 fully saturated rings. The molecule has 0 spiro atoms. The Balaban J connectivity index is 1.97. The van der Waals surface area contributed by atoms with Crippen molar-refractivity contribution in [3.05, 3.63) is 65.9 Å². The third-order valence-electron chi connectivity index (χ3n) is 4.03. The van der Waals surface area contributed by atoms with E-state index in [9.17, 15) is 4.79 Å². The zero-order valence-corrected chi connectivity index (χ0v) is 15.1. The highest BCUT2D eigenvalue weighted by Gasteiger charge is 2.16. The molecule has 1 amide bonds. The van der Waals surface area contributed by atoms with Crippen LogP contribution in [0.1, 0.15) is 35.9 Å². The largest absolute Gasteiger partial charge is 0.485 e. The molecule has 0 bridgehead atoms. The molecule has 1 atom stereocenters. The Hall–Kier alpha value is -3.15. The van der Waals surface area contributed by atoms with E-state index in [2.05, 4.69) is 15.6 Å². The standard InChI is InChI=1S/C20H22N4O2/c1-4-21-20(25)16-10-11-19(17(12-16)18-13-24(3)23-22-18)26-14(2)15-8-6-5-7-9-15/h5-14H,4H2,1-3H3,(H,21,25)/t14-/m0/s1. The van der Waals surface area contributed by atoms with Crippen LogP contribution < -0.4 is 10.1 Å². The number of amides is 1. The Morgan fingerprint density at radius 2 is 2.00 bits per heavy atom. The summed E-state index contributed by atoms with van der Waals surface area (Å²) in [5.74, 6) is 0.537. The molecule has 0 saturated heterocycles. The van der Waals surface area contributed by atoms with Crippen LogP contribution in [0.2, 0.25) is 0 Å². The van der Waals surface area contributed by atoms with Crippen LogP contribution in [-0.4, -0.2) is 27.4 Å². The van der Waals surface area contributed by atoms with Gasteiger partial charge in [0.2, 0.25) is 0 Å². The summed E-state index contributed by atoms with van der Waals surface area (Å²) in [5, 5.41) is 11.0. The minimum absolute atomic E-state index is 0.125. The number of rotatable bonds is 6. The van der Waals surface area contributed by atoms with Gasteiger partial charge < -0.3 is 10.1 Å². The van der Waals surface area contributed by atoms with Gasteiger partial charge in [0.25, 0.3) is 5.91 Å². The van der Waals surface area contributed by atoms with Crippen LogP contribution in [0.4, 0.5) is 0 Å². The molecule has 0 saturated carbocycles. The Morgan fingerprint density at radius 1 is 1.23 bits per heavy atom. The highest BCUT2D eigenvalue weighted by Crippen LogP contribution is 2.33. The first-order chi connectivity index (χ1) is 12.6. The van der Waals surface area contributed by atoms with E-state index >= 15 is 0 Å². The number of carbonyl (C=O) groups excluding carboxylic acids is 1. The number of nitrogens with one attached hydrogen (secondary N) is 1. The van der Waals surface area contributed by atoms with Gasteiger partial charge in [-0.3, -0.25) is 9.48 Å². The minimum Gasteiger partial charge on any atom is -0.485 e. The maximum absolute atomic E-state index is 12.2. The van der Waals surface area contributed by atoms with Gasteiger partial charge in [-0.15, -0.1) is 5.10 Å². The van der Waals surface area contributed by atoms with Crippen molar-refractivity contribution in [3.63, 3.8) is 0 Å².